The number of nitrogens with one attached hydrogen (secondary N) is 2. The number of nitrogens with zero attached hydrogens (tertiary/aromatic N) is 2. The van der Waals surface area contributed by atoms with Crippen molar-refractivity contribution < 1.29 is 27.1 Å². The van der Waals surface area contributed by atoms with Gasteiger partial charge in [-0.2, -0.15) is 18.2 Å². The molecule has 0 unspecified atom stereocenters. The number of benzene rings is 1. The zero-order chi connectivity index (χ0) is 17.0. The number of hydrogen-bond acceptors (Lipinski definition) is 5. The Kier molecular flexibility index (Phi) is 5.31. The van der Waals surface area contributed by atoms with E-state index < -0.39 is 40.8 Å². The third-order valence-electron chi connectivity index (χ3n) is 2.18. The number of halogens is 5. The molecule has 1 aromatic heterocycles. The summed E-state index contributed by atoms with van der Waals surface area (Å²) in [4.78, 5) is 15.0. The number of hydrogen-bond donors (Lipinski definition) is 2. The van der Waals surface area contributed by atoms with Crippen LogP contribution in [0.1, 0.15) is 0 Å². The summed E-state index contributed by atoms with van der Waals surface area (Å²) in [5.74, 6) is -1.47. The average Bonchev–Trinajstić information content (AvgIpc) is 2.82. The lowest BCUT2D eigenvalue weighted by molar-refractivity contribution is -0.118. The van der Waals surface area contributed by atoms with E-state index in [-0.39, 0.29) is 16.7 Å². The van der Waals surface area contributed by atoms with E-state index in [1.165, 1.54) is 6.07 Å². The molecule has 1 heterocycles. The minimum absolute atomic E-state index is 0.0265. The molecule has 0 saturated heterocycles. The van der Waals surface area contributed by atoms with E-state index in [0.29, 0.717) is 0 Å². The summed E-state index contributed by atoms with van der Waals surface area (Å²) in [5, 5.41) is 6.96. The van der Waals surface area contributed by atoms with E-state index in [4.69, 9.17) is 16.3 Å². The van der Waals surface area contributed by atoms with Crippen LogP contribution in [0.4, 0.5) is 23.5 Å². The van der Waals surface area contributed by atoms with E-state index in [1.807, 2.05) is 0 Å². The highest BCUT2D eigenvalue weighted by Gasteiger charge is 2.31. The van der Waals surface area contributed by atoms with Gasteiger partial charge in [0.05, 0.1) is 5.02 Å². The summed E-state index contributed by atoms with van der Waals surface area (Å²) < 4.78 is 54.2. The smallest absolute Gasteiger partial charge is 0.449 e. The van der Waals surface area contributed by atoms with E-state index in [1.54, 1.807) is 0 Å². The van der Waals surface area contributed by atoms with Gasteiger partial charge in [0.1, 0.15) is 11.6 Å². The highest BCUT2D eigenvalue weighted by atomic mass is 35.5. The highest BCUT2D eigenvalue weighted by molar-refractivity contribution is 8.00. The van der Waals surface area contributed by atoms with Crippen LogP contribution < -0.4 is 10.1 Å². The molecule has 0 saturated carbocycles. The van der Waals surface area contributed by atoms with Crippen molar-refractivity contribution >= 4 is 35.2 Å². The predicted molar refractivity (Wildman–Crippen MR) is 73.8 cm³/mol. The number of alkyl halides is 3. The minimum atomic E-state index is -4.54. The molecule has 23 heavy (non-hydrogen) atoms. The van der Waals surface area contributed by atoms with Gasteiger partial charge in [-0.1, -0.05) is 11.6 Å². The second-order valence-electron chi connectivity index (χ2n) is 3.93. The van der Waals surface area contributed by atoms with Gasteiger partial charge in [-0.3, -0.25) is 10.1 Å². The van der Waals surface area contributed by atoms with Crippen LogP contribution in [-0.4, -0.2) is 33.2 Å². The number of anilines is 1. The Morgan fingerprint density at radius 3 is 2.83 bits per heavy atom. The zero-order valence-corrected chi connectivity index (χ0v) is 12.5. The number of aromatic nitrogens is 3. The third kappa shape index (κ3) is 5.60. The van der Waals surface area contributed by atoms with Crippen LogP contribution >= 0.6 is 23.4 Å². The molecule has 0 radical (unpaired) electrons. The fourth-order valence-corrected chi connectivity index (χ4v) is 2.01. The van der Waals surface area contributed by atoms with Crippen LogP contribution in [0, 0.1) is 5.82 Å². The molecule has 2 N–H and O–H groups in total. The maximum absolute atomic E-state index is 12.8. The molecular weight excluding hydrogens is 364 g/mol. The Bertz CT molecular complexity index is 710. The molecule has 2 aromatic rings. The second kappa shape index (κ2) is 7.04. The molecule has 0 spiro atoms. The van der Waals surface area contributed by atoms with Gasteiger partial charge in [0.15, 0.2) is 6.61 Å². The molecule has 0 aliphatic carbocycles. The van der Waals surface area contributed by atoms with Gasteiger partial charge in [-0.25, -0.2) is 9.49 Å². The van der Waals surface area contributed by atoms with Gasteiger partial charge in [-0.15, -0.1) is 5.10 Å². The van der Waals surface area contributed by atoms with E-state index in [2.05, 4.69) is 20.5 Å². The van der Waals surface area contributed by atoms with Gasteiger partial charge in [0, 0.05) is 11.8 Å². The Labute approximate surface area is 135 Å². The lowest BCUT2D eigenvalue weighted by atomic mass is 10.3. The van der Waals surface area contributed by atoms with Gasteiger partial charge in [0.25, 0.3) is 5.91 Å². The number of H-pyrrole nitrogens is 1. The first-order valence-electron chi connectivity index (χ1n) is 5.79. The molecule has 1 amide bonds. The Hall–Kier alpha value is -2.01. The standard InChI is InChI=1S/C11H7ClF4N4O2S/c12-6-3-5(13)1-2-7(6)22-4-8(21)17-9-18-10(20-19-9)23-11(14,15)16/h1-3H,4H2,(H2,17,18,19,20,21). The molecule has 0 aliphatic heterocycles. The fraction of sp³-hybridized carbons (Fsp3) is 0.182. The highest BCUT2D eigenvalue weighted by Crippen LogP contribution is 2.34. The van der Waals surface area contributed by atoms with Crippen LogP contribution in [0.3, 0.4) is 0 Å². The van der Waals surface area contributed by atoms with Crippen molar-refractivity contribution in [3.63, 3.8) is 0 Å². The van der Waals surface area contributed by atoms with Gasteiger partial charge in [-0.05, 0) is 18.2 Å². The number of rotatable bonds is 5. The quantitative estimate of drug-likeness (QED) is 0.624. The summed E-state index contributed by atoms with van der Waals surface area (Å²) in [7, 11) is 0. The normalized spacial score (nSPS) is 11.3. The number of thioether (sulfide) groups is 1. The summed E-state index contributed by atoms with van der Waals surface area (Å²) >= 11 is 5.18. The largest absolute Gasteiger partial charge is 0.482 e. The van der Waals surface area contributed by atoms with Crippen LogP contribution in [-0.2, 0) is 4.79 Å². The lowest BCUT2D eigenvalue weighted by Crippen LogP contribution is -2.21. The molecule has 6 nitrogen and oxygen atoms in total. The van der Waals surface area contributed by atoms with Crippen molar-refractivity contribution in [2.24, 2.45) is 0 Å². The maximum Gasteiger partial charge on any atom is 0.449 e. The first-order chi connectivity index (χ1) is 10.7. The monoisotopic (exact) mass is 370 g/mol. The van der Waals surface area contributed by atoms with Crippen molar-refractivity contribution in [1.82, 2.24) is 15.2 Å². The molecule has 12 heteroatoms. The van der Waals surface area contributed by atoms with Crippen molar-refractivity contribution in [2.45, 2.75) is 10.7 Å². The van der Waals surface area contributed by atoms with Crippen molar-refractivity contribution in [1.29, 1.82) is 0 Å². The maximum atomic E-state index is 12.8. The topological polar surface area (TPSA) is 79.9 Å². The number of aromatic amines is 1. The van der Waals surface area contributed by atoms with Crippen LogP contribution in [0.2, 0.25) is 5.02 Å². The first kappa shape index (κ1) is 17.3. The molecule has 0 fully saturated rings. The van der Waals surface area contributed by atoms with Crippen LogP contribution in [0.15, 0.2) is 23.4 Å². The number of carbonyl (C=O) groups is 1. The van der Waals surface area contributed by atoms with Crippen LogP contribution in [0.25, 0.3) is 0 Å². The summed E-state index contributed by atoms with van der Waals surface area (Å²) in [6.45, 7) is -0.506. The average molecular weight is 371 g/mol. The molecule has 0 aliphatic rings. The fourth-order valence-electron chi connectivity index (χ4n) is 1.36. The Morgan fingerprint density at radius 1 is 1.43 bits per heavy atom. The van der Waals surface area contributed by atoms with Gasteiger partial charge >= 0.3 is 5.51 Å². The molecular formula is C11H7ClF4N4O2S. The Balaban J connectivity index is 1.87. The van der Waals surface area contributed by atoms with Crippen LogP contribution in [0.5, 0.6) is 5.75 Å². The summed E-state index contributed by atoms with van der Waals surface area (Å²) in [6.07, 6.45) is 0. The second-order valence-corrected chi connectivity index (χ2v) is 5.37. The molecule has 1 aromatic carbocycles. The van der Waals surface area contributed by atoms with E-state index >= 15 is 0 Å². The minimum Gasteiger partial charge on any atom is -0.482 e. The van der Waals surface area contributed by atoms with Crippen molar-refractivity contribution in [3.8, 4) is 5.75 Å². The van der Waals surface area contributed by atoms with E-state index in [0.717, 1.165) is 12.1 Å². The van der Waals surface area contributed by atoms with Gasteiger partial charge < -0.3 is 4.74 Å². The molecule has 0 atom stereocenters. The van der Waals surface area contributed by atoms with Crippen molar-refractivity contribution in [2.75, 3.05) is 11.9 Å². The summed E-state index contributed by atoms with van der Waals surface area (Å²) in [6, 6.07) is 3.33. The predicted octanol–water partition coefficient (Wildman–Crippen LogP) is 3.23. The van der Waals surface area contributed by atoms with Gasteiger partial charge in [0.2, 0.25) is 11.1 Å². The Morgan fingerprint density at radius 2 is 2.17 bits per heavy atom. The SMILES string of the molecule is O=C(COc1ccc(F)cc1Cl)Nc1nc(SC(F)(F)F)n[nH]1. The number of amides is 1. The number of carbonyl (C=O) groups excluding carboxylic acids is 1. The van der Waals surface area contributed by atoms with E-state index in [9.17, 15) is 22.4 Å². The molecule has 0 bridgehead atoms. The zero-order valence-electron chi connectivity index (χ0n) is 10.9. The van der Waals surface area contributed by atoms with Crippen molar-refractivity contribution in [3.05, 3.63) is 29.0 Å². The molecule has 124 valence electrons. The summed E-state index contributed by atoms with van der Waals surface area (Å²) in [5.41, 5.74) is -4.54. The number of ether oxygens (including phenoxy) is 1. The lowest BCUT2D eigenvalue weighted by Gasteiger charge is -2.07. The first-order valence-corrected chi connectivity index (χ1v) is 6.98. The third-order valence-corrected chi connectivity index (χ3v) is 3.07. The molecule has 2 rings (SSSR count).